The van der Waals surface area contributed by atoms with Crippen molar-refractivity contribution in [1.82, 2.24) is 10.2 Å². The molecule has 0 radical (unpaired) electrons. The number of hydrogen-bond donors (Lipinski definition) is 1. The summed E-state index contributed by atoms with van der Waals surface area (Å²) in [5.74, 6) is -0.344. The van der Waals surface area contributed by atoms with Crippen molar-refractivity contribution < 1.29 is 19.1 Å². The highest BCUT2D eigenvalue weighted by atomic mass is 35.5. The molecule has 0 bridgehead atoms. The molecule has 2 heterocycles. The summed E-state index contributed by atoms with van der Waals surface area (Å²) in [5.41, 5.74) is 0.774. The van der Waals surface area contributed by atoms with Gasteiger partial charge in [0.15, 0.2) is 0 Å². The Hall–Kier alpha value is -2.28. The summed E-state index contributed by atoms with van der Waals surface area (Å²) in [6.07, 6.45) is 1.48. The molecule has 3 rings (SSSR count). The van der Waals surface area contributed by atoms with E-state index >= 15 is 0 Å². The number of rotatable bonds is 4. The number of likely N-dealkylation sites (tertiary alicyclic amines) is 1. The monoisotopic (exact) mass is 393 g/mol. The van der Waals surface area contributed by atoms with Crippen molar-refractivity contribution in [2.75, 3.05) is 31.1 Å². The minimum absolute atomic E-state index is 0.0244. The maximum atomic E-state index is 12.5. The molecule has 0 aromatic heterocycles. The molecule has 1 atom stereocenters. The number of esters is 1. The van der Waals surface area contributed by atoms with Gasteiger partial charge in [-0.3, -0.25) is 9.59 Å². The van der Waals surface area contributed by atoms with Crippen molar-refractivity contribution in [3.8, 4) is 0 Å². The number of nitrogens with zero attached hydrogens (tertiary/aromatic N) is 2. The summed E-state index contributed by atoms with van der Waals surface area (Å²) < 4.78 is 5.05. The van der Waals surface area contributed by atoms with E-state index in [2.05, 4.69) is 5.32 Å². The summed E-state index contributed by atoms with van der Waals surface area (Å²) in [4.78, 5) is 39.9. The van der Waals surface area contributed by atoms with Gasteiger partial charge in [-0.1, -0.05) is 11.6 Å². The summed E-state index contributed by atoms with van der Waals surface area (Å²) in [5, 5.41) is 3.55. The molecule has 1 aromatic rings. The van der Waals surface area contributed by atoms with E-state index in [1.165, 1.54) is 0 Å². The first-order valence-corrected chi connectivity index (χ1v) is 9.63. The van der Waals surface area contributed by atoms with Crippen LogP contribution in [0.5, 0.6) is 0 Å². The van der Waals surface area contributed by atoms with Gasteiger partial charge < -0.3 is 19.9 Å². The zero-order chi connectivity index (χ0) is 19.4. The second-order valence-electron chi connectivity index (χ2n) is 6.84. The van der Waals surface area contributed by atoms with Gasteiger partial charge in [-0.2, -0.15) is 0 Å². The van der Waals surface area contributed by atoms with Gasteiger partial charge in [0.1, 0.15) is 0 Å². The van der Waals surface area contributed by atoms with Gasteiger partial charge >= 0.3 is 12.0 Å². The zero-order valence-electron chi connectivity index (χ0n) is 15.3. The highest BCUT2D eigenvalue weighted by Crippen LogP contribution is 2.24. The predicted octanol–water partition coefficient (Wildman–Crippen LogP) is 2.43. The predicted molar refractivity (Wildman–Crippen MR) is 102 cm³/mol. The van der Waals surface area contributed by atoms with Crippen LogP contribution in [-0.2, 0) is 14.3 Å². The molecule has 3 amide bonds. The Bertz CT molecular complexity index is 701. The molecule has 0 saturated carbocycles. The van der Waals surface area contributed by atoms with Crippen LogP contribution in [0.2, 0.25) is 5.02 Å². The molecule has 2 fully saturated rings. The highest BCUT2D eigenvalue weighted by Gasteiger charge is 2.34. The van der Waals surface area contributed by atoms with Crippen LogP contribution >= 0.6 is 11.6 Å². The Morgan fingerprint density at radius 2 is 1.89 bits per heavy atom. The Morgan fingerprint density at radius 3 is 2.52 bits per heavy atom. The van der Waals surface area contributed by atoms with Gasteiger partial charge in [0, 0.05) is 36.8 Å². The molecule has 1 unspecified atom stereocenters. The average Bonchev–Trinajstić information content (AvgIpc) is 3.02. The first-order chi connectivity index (χ1) is 13.0. The highest BCUT2D eigenvalue weighted by molar-refractivity contribution is 6.30. The molecule has 2 saturated heterocycles. The number of anilines is 1. The third-order valence-electron chi connectivity index (χ3n) is 4.99. The standard InChI is InChI=1S/C19H24ClN3O4/c1-2-27-18(25)13-7-9-22(10-8-13)19(26)21-15-11-17(24)23(12-15)16-5-3-14(20)4-6-16/h3-6,13,15H,2,7-12H2,1H3,(H,21,26). The third-order valence-corrected chi connectivity index (χ3v) is 5.25. The quantitative estimate of drug-likeness (QED) is 0.797. The van der Waals surface area contributed by atoms with Crippen molar-refractivity contribution in [1.29, 1.82) is 0 Å². The Balaban J connectivity index is 1.50. The maximum Gasteiger partial charge on any atom is 0.317 e. The second kappa shape index (κ2) is 8.61. The largest absolute Gasteiger partial charge is 0.466 e. The summed E-state index contributed by atoms with van der Waals surface area (Å²) in [6.45, 7) is 3.62. The molecule has 1 aromatic carbocycles. The number of urea groups is 1. The SMILES string of the molecule is CCOC(=O)C1CCN(C(=O)NC2CC(=O)N(c3ccc(Cl)cc3)C2)CC1. The van der Waals surface area contributed by atoms with Crippen LogP contribution in [0.3, 0.4) is 0 Å². The number of piperidine rings is 1. The first-order valence-electron chi connectivity index (χ1n) is 9.26. The first kappa shape index (κ1) is 19.5. The number of halogens is 1. The molecular weight excluding hydrogens is 370 g/mol. The topological polar surface area (TPSA) is 79.0 Å². The minimum atomic E-state index is -0.233. The van der Waals surface area contributed by atoms with Gasteiger partial charge in [0.25, 0.3) is 0 Å². The van der Waals surface area contributed by atoms with Gasteiger partial charge in [-0.05, 0) is 44.0 Å². The van der Waals surface area contributed by atoms with Crippen LogP contribution in [0.1, 0.15) is 26.2 Å². The maximum absolute atomic E-state index is 12.5. The lowest BCUT2D eigenvalue weighted by Crippen LogP contribution is -2.49. The Morgan fingerprint density at radius 1 is 1.22 bits per heavy atom. The van der Waals surface area contributed by atoms with Crippen molar-refractivity contribution >= 4 is 35.2 Å². The lowest BCUT2D eigenvalue weighted by Gasteiger charge is -2.31. The molecule has 146 valence electrons. The number of carbonyl (C=O) groups excluding carboxylic acids is 3. The third kappa shape index (κ3) is 4.71. The van der Waals surface area contributed by atoms with Crippen LogP contribution in [0.25, 0.3) is 0 Å². The average molecular weight is 394 g/mol. The number of nitrogens with one attached hydrogen (secondary N) is 1. The second-order valence-corrected chi connectivity index (χ2v) is 7.28. The van der Waals surface area contributed by atoms with E-state index in [1.54, 1.807) is 41.0 Å². The van der Waals surface area contributed by atoms with Gasteiger partial charge in [0.2, 0.25) is 5.91 Å². The van der Waals surface area contributed by atoms with Crippen LogP contribution in [0.15, 0.2) is 24.3 Å². The molecule has 2 aliphatic heterocycles. The number of ether oxygens (including phenoxy) is 1. The summed E-state index contributed by atoms with van der Waals surface area (Å²) in [6, 6.07) is 6.65. The van der Waals surface area contributed by atoms with Gasteiger partial charge in [-0.25, -0.2) is 4.79 Å². The Kier molecular flexibility index (Phi) is 6.21. The zero-order valence-corrected chi connectivity index (χ0v) is 16.1. The fraction of sp³-hybridized carbons (Fsp3) is 0.526. The van der Waals surface area contributed by atoms with E-state index in [0.29, 0.717) is 44.1 Å². The van der Waals surface area contributed by atoms with Crippen LogP contribution < -0.4 is 10.2 Å². The van der Waals surface area contributed by atoms with E-state index in [-0.39, 0.29) is 36.3 Å². The lowest BCUT2D eigenvalue weighted by atomic mass is 9.97. The Labute approximate surface area is 163 Å². The van der Waals surface area contributed by atoms with E-state index in [0.717, 1.165) is 5.69 Å². The minimum Gasteiger partial charge on any atom is -0.466 e. The smallest absolute Gasteiger partial charge is 0.317 e. The number of benzene rings is 1. The fourth-order valence-corrected chi connectivity index (χ4v) is 3.65. The van der Waals surface area contributed by atoms with Crippen molar-refractivity contribution in [2.45, 2.75) is 32.2 Å². The summed E-state index contributed by atoms with van der Waals surface area (Å²) >= 11 is 5.89. The van der Waals surface area contributed by atoms with Crippen molar-refractivity contribution in [3.63, 3.8) is 0 Å². The summed E-state index contributed by atoms with van der Waals surface area (Å²) in [7, 11) is 0. The molecular formula is C19H24ClN3O4. The van der Waals surface area contributed by atoms with Crippen LogP contribution in [0, 0.1) is 5.92 Å². The fourth-order valence-electron chi connectivity index (χ4n) is 3.52. The number of amides is 3. The lowest BCUT2D eigenvalue weighted by molar-refractivity contribution is -0.149. The molecule has 7 nitrogen and oxygen atoms in total. The molecule has 27 heavy (non-hydrogen) atoms. The molecule has 0 aliphatic carbocycles. The van der Waals surface area contributed by atoms with E-state index in [1.807, 2.05) is 0 Å². The molecule has 0 spiro atoms. The van der Waals surface area contributed by atoms with E-state index in [9.17, 15) is 14.4 Å². The van der Waals surface area contributed by atoms with Crippen LogP contribution in [0.4, 0.5) is 10.5 Å². The number of carbonyl (C=O) groups is 3. The van der Waals surface area contributed by atoms with Crippen molar-refractivity contribution in [3.05, 3.63) is 29.3 Å². The van der Waals surface area contributed by atoms with Crippen LogP contribution in [-0.4, -0.2) is 55.1 Å². The van der Waals surface area contributed by atoms with E-state index < -0.39 is 0 Å². The molecule has 2 aliphatic rings. The molecule has 1 N–H and O–H groups in total. The van der Waals surface area contributed by atoms with Gasteiger partial charge in [-0.15, -0.1) is 0 Å². The van der Waals surface area contributed by atoms with Crippen molar-refractivity contribution in [2.24, 2.45) is 5.92 Å². The van der Waals surface area contributed by atoms with Gasteiger partial charge in [0.05, 0.1) is 18.6 Å². The number of hydrogen-bond acceptors (Lipinski definition) is 4. The van der Waals surface area contributed by atoms with E-state index in [4.69, 9.17) is 16.3 Å². The molecule has 8 heteroatoms. The normalized spacial score (nSPS) is 20.7.